The van der Waals surface area contributed by atoms with Gasteiger partial charge in [-0.3, -0.25) is 4.79 Å². The number of piperidine rings is 1. The highest BCUT2D eigenvalue weighted by molar-refractivity contribution is 7.11. The van der Waals surface area contributed by atoms with Crippen LogP contribution in [0.4, 0.5) is 0 Å². The Labute approximate surface area is 131 Å². The molecule has 21 heavy (non-hydrogen) atoms. The number of carbonyl (C=O) groups excluding carboxylic acids is 1. The molecule has 3 nitrogen and oxygen atoms in total. The summed E-state index contributed by atoms with van der Waals surface area (Å²) in [6.07, 6.45) is 9.67. The predicted octanol–water partition coefficient (Wildman–Crippen LogP) is 3.82. The molecule has 0 radical (unpaired) electrons. The highest BCUT2D eigenvalue weighted by Crippen LogP contribution is 2.32. The van der Waals surface area contributed by atoms with Crippen molar-refractivity contribution in [3.05, 3.63) is 27.7 Å². The Morgan fingerprint density at radius 3 is 2.95 bits per heavy atom. The first-order valence-electron chi connectivity index (χ1n) is 8.02. The number of aromatic nitrogens is 1. The van der Waals surface area contributed by atoms with Crippen molar-refractivity contribution in [2.45, 2.75) is 51.9 Å². The molecule has 1 amide bonds. The van der Waals surface area contributed by atoms with E-state index in [1.54, 1.807) is 0 Å². The van der Waals surface area contributed by atoms with E-state index in [1.165, 1.54) is 16.3 Å². The van der Waals surface area contributed by atoms with Crippen LogP contribution < -0.4 is 0 Å². The summed E-state index contributed by atoms with van der Waals surface area (Å²) < 4.78 is 0. The second-order valence-corrected chi connectivity index (χ2v) is 7.58. The molecule has 1 aliphatic carbocycles. The molecule has 1 aromatic rings. The number of thiazole rings is 1. The lowest BCUT2D eigenvalue weighted by molar-refractivity contribution is -0.133. The minimum absolute atomic E-state index is 0.334. The topological polar surface area (TPSA) is 33.2 Å². The van der Waals surface area contributed by atoms with Crippen LogP contribution in [-0.4, -0.2) is 28.9 Å². The van der Waals surface area contributed by atoms with Crippen molar-refractivity contribution >= 4 is 17.2 Å². The SMILES string of the molecule is Cc1nc([C@H]2CCCN(C(=O)C[C@H]3C=CCC3)C2)sc1C. The van der Waals surface area contributed by atoms with Crippen molar-refractivity contribution in [2.75, 3.05) is 13.1 Å². The summed E-state index contributed by atoms with van der Waals surface area (Å²) in [6.45, 7) is 6.00. The average Bonchev–Trinajstić information content (AvgIpc) is 3.10. The van der Waals surface area contributed by atoms with Gasteiger partial charge in [0.1, 0.15) is 0 Å². The van der Waals surface area contributed by atoms with Crippen LogP contribution in [0, 0.1) is 19.8 Å². The molecular formula is C17H24N2OS. The van der Waals surface area contributed by atoms with Gasteiger partial charge in [-0.25, -0.2) is 4.98 Å². The lowest BCUT2D eigenvalue weighted by Gasteiger charge is -2.32. The van der Waals surface area contributed by atoms with Gasteiger partial charge < -0.3 is 4.90 Å². The van der Waals surface area contributed by atoms with Crippen LogP contribution in [0.3, 0.4) is 0 Å². The third kappa shape index (κ3) is 3.37. The smallest absolute Gasteiger partial charge is 0.223 e. The number of carbonyl (C=O) groups is 1. The Bertz CT molecular complexity index is 529. The average molecular weight is 304 g/mol. The number of aryl methyl sites for hydroxylation is 2. The molecule has 1 saturated heterocycles. The molecule has 2 atom stereocenters. The van der Waals surface area contributed by atoms with Crippen LogP contribution in [0.15, 0.2) is 12.2 Å². The third-order valence-electron chi connectivity index (χ3n) is 4.72. The number of amides is 1. The maximum Gasteiger partial charge on any atom is 0.223 e. The van der Waals surface area contributed by atoms with Crippen molar-refractivity contribution in [1.82, 2.24) is 9.88 Å². The van der Waals surface area contributed by atoms with Gasteiger partial charge in [-0.05, 0) is 45.4 Å². The first-order chi connectivity index (χ1) is 10.1. The molecule has 1 fully saturated rings. The summed E-state index contributed by atoms with van der Waals surface area (Å²) in [5.41, 5.74) is 1.15. The van der Waals surface area contributed by atoms with E-state index in [0.29, 0.717) is 24.2 Å². The highest BCUT2D eigenvalue weighted by Gasteiger charge is 2.28. The highest BCUT2D eigenvalue weighted by atomic mass is 32.1. The standard InChI is InChI=1S/C17H24N2OS/c1-12-13(2)21-17(18-12)15-8-5-9-19(11-15)16(20)10-14-6-3-4-7-14/h3,6,14-15H,4-5,7-11H2,1-2H3/t14-,15-/m0/s1. The van der Waals surface area contributed by atoms with Crippen molar-refractivity contribution in [1.29, 1.82) is 0 Å². The van der Waals surface area contributed by atoms with Crippen LogP contribution in [0.5, 0.6) is 0 Å². The molecule has 0 aromatic carbocycles. The molecule has 0 N–H and O–H groups in total. The lowest BCUT2D eigenvalue weighted by atomic mass is 9.97. The summed E-state index contributed by atoms with van der Waals surface area (Å²) in [5.74, 6) is 1.25. The maximum atomic E-state index is 12.5. The summed E-state index contributed by atoms with van der Waals surface area (Å²) in [5, 5.41) is 1.23. The Kier molecular flexibility index (Phi) is 4.43. The van der Waals surface area contributed by atoms with E-state index in [-0.39, 0.29) is 0 Å². The Morgan fingerprint density at radius 2 is 2.29 bits per heavy atom. The van der Waals surface area contributed by atoms with Crippen molar-refractivity contribution in [3.63, 3.8) is 0 Å². The third-order valence-corrected chi connectivity index (χ3v) is 5.95. The summed E-state index contributed by atoms with van der Waals surface area (Å²) in [7, 11) is 0. The maximum absolute atomic E-state index is 12.5. The fourth-order valence-corrected chi connectivity index (χ4v) is 4.34. The van der Waals surface area contributed by atoms with Crippen LogP contribution in [0.25, 0.3) is 0 Å². The first-order valence-corrected chi connectivity index (χ1v) is 8.83. The first kappa shape index (κ1) is 14.8. The predicted molar refractivity (Wildman–Crippen MR) is 86.6 cm³/mol. The van der Waals surface area contributed by atoms with E-state index in [1.807, 2.05) is 11.3 Å². The van der Waals surface area contributed by atoms with Gasteiger partial charge in [-0.2, -0.15) is 0 Å². The second-order valence-electron chi connectivity index (χ2n) is 6.34. The molecule has 114 valence electrons. The number of hydrogen-bond donors (Lipinski definition) is 0. The molecule has 0 unspecified atom stereocenters. The Morgan fingerprint density at radius 1 is 1.43 bits per heavy atom. The van der Waals surface area contributed by atoms with E-state index in [4.69, 9.17) is 4.98 Å². The normalized spacial score (nSPS) is 25.5. The largest absolute Gasteiger partial charge is 0.342 e. The molecule has 1 aliphatic heterocycles. The van der Waals surface area contributed by atoms with Gasteiger partial charge in [0.05, 0.1) is 10.7 Å². The van der Waals surface area contributed by atoms with Gasteiger partial charge in [0.2, 0.25) is 5.91 Å². The minimum Gasteiger partial charge on any atom is -0.342 e. The fourth-order valence-electron chi connectivity index (χ4n) is 3.30. The van der Waals surface area contributed by atoms with Crippen molar-refractivity contribution < 1.29 is 4.79 Å². The van der Waals surface area contributed by atoms with Gasteiger partial charge >= 0.3 is 0 Å². The van der Waals surface area contributed by atoms with Crippen molar-refractivity contribution in [3.8, 4) is 0 Å². The number of rotatable bonds is 3. The number of hydrogen-bond acceptors (Lipinski definition) is 3. The molecule has 2 aliphatic rings. The van der Waals surface area contributed by atoms with E-state index in [9.17, 15) is 4.79 Å². The molecule has 0 saturated carbocycles. The van der Waals surface area contributed by atoms with Crippen LogP contribution in [0.2, 0.25) is 0 Å². The molecular weight excluding hydrogens is 280 g/mol. The van der Waals surface area contributed by atoms with Gasteiger partial charge in [0.25, 0.3) is 0 Å². The zero-order chi connectivity index (χ0) is 14.8. The molecule has 0 bridgehead atoms. The van der Waals surface area contributed by atoms with Gasteiger partial charge in [0.15, 0.2) is 0 Å². The van der Waals surface area contributed by atoms with E-state index in [0.717, 1.165) is 38.0 Å². The van der Waals surface area contributed by atoms with Crippen molar-refractivity contribution in [2.24, 2.45) is 5.92 Å². The summed E-state index contributed by atoms with van der Waals surface area (Å²) in [4.78, 5) is 20.6. The molecule has 0 spiro atoms. The molecule has 1 aromatic heterocycles. The lowest BCUT2D eigenvalue weighted by Crippen LogP contribution is -2.39. The number of nitrogens with zero attached hydrogens (tertiary/aromatic N) is 2. The van der Waals surface area contributed by atoms with Gasteiger partial charge in [0, 0.05) is 30.3 Å². The van der Waals surface area contributed by atoms with Crippen LogP contribution >= 0.6 is 11.3 Å². The zero-order valence-electron chi connectivity index (χ0n) is 13.0. The molecule has 4 heteroatoms. The zero-order valence-corrected chi connectivity index (χ0v) is 13.8. The van der Waals surface area contributed by atoms with E-state index in [2.05, 4.69) is 30.9 Å². The molecule has 2 heterocycles. The van der Waals surface area contributed by atoms with E-state index >= 15 is 0 Å². The quantitative estimate of drug-likeness (QED) is 0.795. The molecule has 3 rings (SSSR count). The second kappa shape index (κ2) is 6.30. The van der Waals surface area contributed by atoms with Crippen LogP contribution in [0.1, 0.15) is 53.6 Å². The van der Waals surface area contributed by atoms with Crippen LogP contribution in [-0.2, 0) is 4.79 Å². The number of allylic oxidation sites excluding steroid dienone is 2. The minimum atomic E-state index is 0.334. The Hall–Kier alpha value is -1.16. The van der Waals surface area contributed by atoms with Gasteiger partial charge in [-0.15, -0.1) is 11.3 Å². The summed E-state index contributed by atoms with van der Waals surface area (Å²) in [6, 6.07) is 0. The summed E-state index contributed by atoms with van der Waals surface area (Å²) >= 11 is 1.81. The monoisotopic (exact) mass is 304 g/mol. The van der Waals surface area contributed by atoms with E-state index < -0.39 is 0 Å². The fraction of sp³-hybridized carbons (Fsp3) is 0.647. The number of likely N-dealkylation sites (tertiary alicyclic amines) is 1. The Balaban J connectivity index is 1.62. The van der Waals surface area contributed by atoms with Gasteiger partial charge in [-0.1, -0.05) is 12.2 Å².